The zero-order valence-electron chi connectivity index (χ0n) is 32.5. The maximum atomic E-state index is 12.0. The van der Waals surface area contributed by atoms with Crippen molar-refractivity contribution in [2.24, 2.45) is 5.92 Å². The SMILES string of the molecule is C1CCOC1.CCCCCN(C)CCCCC(CC)C(=O)CCC(C)=O.CNC(CCCCN(C)CCCCN(C)CC(C)=O)C(=O)O. The molecule has 1 fully saturated rings. The molecule has 0 radical (unpaired) electrons. The third-order valence-electron chi connectivity index (χ3n) is 8.74. The summed E-state index contributed by atoms with van der Waals surface area (Å²) in [5.74, 6) is -0.00274. The lowest BCUT2D eigenvalue weighted by atomic mass is 9.92. The Labute approximate surface area is 295 Å². The van der Waals surface area contributed by atoms with E-state index in [-0.39, 0.29) is 23.3 Å². The van der Waals surface area contributed by atoms with E-state index >= 15 is 0 Å². The van der Waals surface area contributed by atoms with E-state index in [9.17, 15) is 19.2 Å². The third-order valence-corrected chi connectivity index (χ3v) is 8.74. The summed E-state index contributed by atoms with van der Waals surface area (Å²) < 4.78 is 4.94. The van der Waals surface area contributed by atoms with Gasteiger partial charge in [0.1, 0.15) is 23.4 Å². The van der Waals surface area contributed by atoms with Gasteiger partial charge in [-0.05, 0) is 139 Å². The van der Waals surface area contributed by atoms with Crippen LogP contribution in [0.15, 0.2) is 0 Å². The molecule has 1 rings (SSSR count). The number of rotatable bonds is 28. The van der Waals surface area contributed by atoms with Gasteiger partial charge in [-0.25, -0.2) is 0 Å². The van der Waals surface area contributed by atoms with Gasteiger partial charge in [0.2, 0.25) is 0 Å². The van der Waals surface area contributed by atoms with Gasteiger partial charge >= 0.3 is 5.97 Å². The lowest BCUT2D eigenvalue weighted by molar-refractivity contribution is -0.139. The van der Waals surface area contributed by atoms with E-state index in [1.807, 2.05) is 7.05 Å². The van der Waals surface area contributed by atoms with E-state index in [0.717, 1.165) is 84.3 Å². The monoisotopic (exact) mass is 685 g/mol. The summed E-state index contributed by atoms with van der Waals surface area (Å²) in [6.07, 6.45) is 16.3. The fraction of sp³-hybridized carbons (Fsp3) is 0.895. The fourth-order valence-electron chi connectivity index (χ4n) is 5.58. The van der Waals surface area contributed by atoms with E-state index in [1.54, 1.807) is 20.9 Å². The molecule has 10 nitrogen and oxygen atoms in total. The largest absolute Gasteiger partial charge is 0.480 e. The molecule has 1 aliphatic rings. The zero-order valence-corrected chi connectivity index (χ0v) is 32.5. The average molecular weight is 685 g/mol. The first-order valence-electron chi connectivity index (χ1n) is 18.9. The molecule has 0 aromatic rings. The minimum absolute atomic E-state index is 0.118. The number of nitrogens with zero attached hydrogens (tertiary/aromatic N) is 3. The summed E-state index contributed by atoms with van der Waals surface area (Å²) in [6.45, 7) is 15.3. The summed E-state index contributed by atoms with van der Waals surface area (Å²) in [6, 6.07) is -0.429. The first-order valence-corrected chi connectivity index (χ1v) is 18.9. The van der Waals surface area contributed by atoms with Crippen molar-refractivity contribution < 1.29 is 29.0 Å². The van der Waals surface area contributed by atoms with Crippen LogP contribution in [0.2, 0.25) is 0 Å². The lowest BCUT2D eigenvalue weighted by Gasteiger charge is -2.19. The van der Waals surface area contributed by atoms with Crippen molar-refractivity contribution in [1.29, 1.82) is 0 Å². The number of ketones is 3. The Kier molecular flexibility index (Phi) is 34.0. The molecule has 2 atom stereocenters. The molecule has 1 heterocycles. The third kappa shape index (κ3) is 32.8. The fourth-order valence-corrected chi connectivity index (χ4v) is 5.58. The molecule has 0 saturated carbocycles. The molecule has 2 N–H and O–H groups in total. The first kappa shape index (κ1) is 48.4. The van der Waals surface area contributed by atoms with Crippen molar-refractivity contribution in [2.75, 3.05) is 80.7 Å². The van der Waals surface area contributed by atoms with E-state index in [0.29, 0.717) is 25.8 Å². The summed E-state index contributed by atoms with van der Waals surface area (Å²) >= 11 is 0. The molecular weight excluding hydrogens is 608 g/mol. The number of carbonyl (C=O) groups excluding carboxylic acids is 3. The van der Waals surface area contributed by atoms with Gasteiger partial charge in [0.25, 0.3) is 0 Å². The van der Waals surface area contributed by atoms with Crippen LogP contribution in [0.1, 0.15) is 130 Å². The van der Waals surface area contributed by atoms with Crippen molar-refractivity contribution in [3.05, 3.63) is 0 Å². The number of carbonyl (C=O) groups is 4. The Morgan fingerprint density at radius 3 is 1.56 bits per heavy atom. The van der Waals surface area contributed by atoms with Crippen LogP contribution in [0, 0.1) is 5.92 Å². The molecular formula is C38H76N4O6. The van der Waals surface area contributed by atoms with Crippen molar-refractivity contribution in [2.45, 2.75) is 136 Å². The smallest absolute Gasteiger partial charge is 0.320 e. The van der Waals surface area contributed by atoms with Gasteiger partial charge in [-0.1, -0.05) is 39.5 Å². The molecule has 284 valence electrons. The molecule has 10 heteroatoms. The van der Waals surface area contributed by atoms with E-state index in [2.05, 4.69) is 48.0 Å². The second-order valence-corrected chi connectivity index (χ2v) is 13.7. The molecule has 1 saturated heterocycles. The molecule has 0 amide bonds. The van der Waals surface area contributed by atoms with E-state index in [4.69, 9.17) is 9.84 Å². The predicted octanol–water partition coefficient (Wildman–Crippen LogP) is 6.10. The second-order valence-electron chi connectivity index (χ2n) is 13.7. The normalized spacial score (nSPS) is 13.9. The van der Waals surface area contributed by atoms with Crippen LogP contribution in [0.4, 0.5) is 0 Å². The van der Waals surface area contributed by atoms with Crippen LogP contribution in [0.25, 0.3) is 0 Å². The molecule has 0 aromatic carbocycles. The van der Waals surface area contributed by atoms with Crippen molar-refractivity contribution in [3.63, 3.8) is 0 Å². The molecule has 0 spiro atoms. The number of aliphatic carboxylic acids is 1. The summed E-state index contributed by atoms with van der Waals surface area (Å²) in [4.78, 5) is 51.5. The number of unbranched alkanes of at least 4 members (excludes halogenated alkanes) is 5. The van der Waals surface area contributed by atoms with Gasteiger partial charge < -0.3 is 29.8 Å². The molecule has 2 unspecified atom stereocenters. The quantitative estimate of drug-likeness (QED) is 0.0936. The Morgan fingerprint density at radius 1 is 0.688 bits per heavy atom. The van der Waals surface area contributed by atoms with Crippen LogP contribution < -0.4 is 5.32 Å². The van der Waals surface area contributed by atoms with Gasteiger partial charge in [0.05, 0.1) is 6.54 Å². The van der Waals surface area contributed by atoms with Crippen molar-refractivity contribution in [3.8, 4) is 0 Å². The maximum absolute atomic E-state index is 12.0. The minimum Gasteiger partial charge on any atom is -0.480 e. The maximum Gasteiger partial charge on any atom is 0.320 e. The highest BCUT2D eigenvalue weighted by Crippen LogP contribution is 2.17. The van der Waals surface area contributed by atoms with Crippen LogP contribution in [-0.2, 0) is 23.9 Å². The number of carboxylic acids is 1. The predicted molar refractivity (Wildman–Crippen MR) is 199 cm³/mol. The number of likely N-dealkylation sites (N-methyl/N-ethyl adjacent to an activating group) is 2. The van der Waals surface area contributed by atoms with Crippen LogP contribution in [0.3, 0.4) is 0 Å². The van der Waals surface area contributed by atoms with Gasteiger partial charge in [-0.15, -0.1) is 0 Å². The highest BCUT2D eigenvalue weighted by molar-refractivity contribution is 5.86. The van der Waals surface area contributed by atoms with Gasteiger partial charge in [0, 0.05) is 32.0 Å². The first-order chi connectivity index (χ1) is 22.9. The van der Waals surface area contributed by atoms with Crippen LogP contribution in [0.5, 0.6) is 0 Å². The number of ether oxygens (including phenoxy) is 1. The zero-order chi connectivity index (χ0) is 36.6. The van der Waals surface area contributed by atoms with Crippen molar-refractivity contribution >= 4 is 23.3 Å². The Balaban J connectivity index is 0. The summed E-state index contributed by atoms with van der Waals surface area (Å²) in [7, 11) is 7.96. The Morgan fingerprint density at radius 2 is 1.17 bits per heavy atom. The number of hydrogen-bond acceptors (Lipinski definition) is 9. The van der Waals surface area contributed by atoms with Gasteiger partial charge in [-0.3, -0.25) is 19.3 Å². The number of hydrogen-bond donors (Lipinski definition) is 2. The minimum atomic E-state index is -0.773. The van der Waals surface area contributed by atoms with Crippen molar-refractivity contribution in [1.82, 2.24) is 20.0 Å². The molecule has 0 aromatic heterocycles. The van der Waals surface area contributed by atoms with Crippen LogP contribution >= 0.6 is 0 Å². The lowest BCUT2D eigenvalue weighted by Crippen LogP contribution is -2.33. The summed E-state index contributed by atoms with van der Waals surface area (Å²) in [5, 5.41) is 11.7. The van der Waals surface area contributed by atoms with E-state index < -0.39 is 12.0 Å². The highest BCUT2D eigenvalue weighted by atomic mass is 16.5. The second kappa shape index (κ2) is 33.8. The molecule has 1 aliphatic heterocycles. The molecule has 0 aliphatic carbocycles. The number of Topliss-reactive ketones (excluding diaryl/α,β-unsaturated/α-hetero) is 3. The van der Waals surface area contributed by atoms with Crippen LogP contribution in [-0.4, -0.2) is 130 Å². The average Bonchev–Trinajstić information content (AvgIpc) is 3.63. The number of carboxylic acid groups (broad SMARTS) is 1. The van der Waals surface area contributed by atoms with E-state index in [1.165, 1.54) is 45.1 Å². The Hall–Kier alpha value is -1.72. The molecule has 48 heavy (non-hydrogen) atoms. The molecule has 0 bridgehead atoms. The standard InChI is InChI=1S/C18H35NO2.C16H33N3O3.C4H8O/c1-5-7-9-14-19(4)15-10-8-11-17(6-2)18(21)13-12-16(3)20;1-14(20)13-19(4)12-8-7-11-18(3)10-6-5-9-15(17-2)16(21)22;1-2-4-5-3-1/h17H,5-15H2,1-4H3;15,17H,5-13H2,1-4H3,(H,21,22);1-4H2. The Bertz CT molecular complexity index is 800. The number of nitrogens with one attached hydrogen (secondary N) is 1. The summed E-state index contributed by atoms with van der Waals surface area (Å²) in [5.41, 5.74) is 0. The van der Waals surface area contributed by atoms with Gasteiger partial charge in [0.15, 0.2) is 0 Å². The topological polar surface area (TPSA) is 119 Å². The van der Waals surface area contributed by atoms with Gasteiger partial charge in [-0.2, -0.15) is 0 Å². The highest BCUT2D eigenvalue weighted by Gasteiger charge is 2.16.